The van der Waals surface area contributed by atoms with Gasteiger partial charge < -0.3 is 4.74 Å². The summed E-state index contributed by atoms with van der Waals surface area (Å²) in [6.07, 6.45) is 0. The quantitative estimate of drug-likeness (QED) is 0.775. The smallest absolute Gasteiger partial charge is 0.141 e. The summed E-state index contributed by atoms with van der Waals surface area (Å²) in [4.78, 5) is 0. The second-order valence-electron chi connectivity index (χ2n) is 3.68. The lowest BCUT2D eigenvalue weighted by molar-refractivity contribution is 0.472. The lowest BCUT2D eigenvalue weighted by Crippen LogP contribution is -1.91. The highest BCUT2D eigenvalue weighted by molar-refractivity contribution is 9.10. The van der Waals surface area contributed by atoms with Crippen LogP contribution in [0, 0.1) is 19.9 Å². The van der Waals surface area contributed by atoms with Crippen LogP contribution in [0.3, 0.4) is 0 Å². The Labute approximate surface area is 104 Å². The first kappa shape index (κ1) is 11.2. The summed E-state index contributed by atoms with van der Waals surface area (Å²) in [6, 6.07) is 14.7. The summed E-state index contributed by atoms with van der Waals surface area (Å²) in [5, 5.41) is 0. The first-order chi connectivity index (χ1) is 7.68. The van der Waals surface area contributed by atoms with Crippen LogP contribution in [0.5, 0.6) is 11.5 Å². The van der Waals surface area contributed by atoms with Gasteiger partial charge in [0.25, 0.3) is 0 Å². The van der Waals surface area contributed by atoms with E-state index in [4.69, 9.17) is 4.74 Å². The number of hydrogen-bond acceptors (Lipinski definition) is 1. The van der Waals surface area contributed by atoms with Gasteiger partial charge in [-0.15, -0.1) is 0 Å². The van der Waals surface area contributed by atoms with Crippen LogP contribution in [0.1, 0.15) is 11.1 Å². The molecule has 1 nitrogen and oxygen atoms in total. The molecule has 0 bridgehead atoms. The normalized spacial score (nSPS) is 10.2. The summed E-state index contributed by atoms with van der Waals surface area (Å²) in [6.45, 7) is 4.09. The highest BCUT2D eigenvalue weighted by Gasteiger charge is 2.06. The zero-order chi connectivity index (χ0) is 11.5. The largest absolute Gasteiger partial charge is 0.456 e. The molecule has 0 spiro atoms. The molecule has 0 aromatic heterocycles. The molecule has 2 aromatic rings. The van der Waals surface area contributed by atoms with E-state index in [1.165, 1.54) is 0 Å². The van der Waals surface area contributed by atoms with Crippen molar-refractivity contribution >= 4 is 15.9 Å². The lowest BCUT2D eigenvalue weighted by atomic mass is 10.1. The average molecular weight is 276 g/mol. The summed E-state index contributed by atoms with van der Waals surface area (Å²) in [5.74, 6) is 1.74. The van der Waals surface area contributed by atoms with Crippen molar-refractivity contribution in [3.05, 3.63) is 58.1 Å². The third kappa shape index (κ3) is 2.27. The van der Waals surface area contributed by atoms with E-state index >= 15 is 0 Å². The molecule has 0 aliphatic carbocycles. The van der Waals surface area contributed by atoms with Gasteiger partial charge in [0.2, 0.25) is 0 Å². The number of para-hydroxylation sites is 1. The zero-order valence-corrected chi connectivity index (χ0v) is 10.8. The summed E-state index contributed by atoms with van der Waals surface area (Å²) in [7, 11) is 0. The van der Waals surface area contributed by atoms with Crippen LogP contribution < -0.4 is 4.74 Å². The Bertz CT molecular complexity index is 486. The minimum absolute atomic E-state index is 0.816. The molecule has 0 amide bonds. The van der Waals surface area contributed by atoms with Crippen LogP contribution in [-0.2, 0) is 0 Å². The highest BCUT2D eigenvalue weighted by atomic mass is 79.9. The molecular weight excluding hydrogens is 264 g/mol. The predicted molar refractivity (Wildman–Crippen MR) is 69.0 cm³/mol. The van der Waals surface area contributed by atoms with Gasteiger partial charge in [-0.2, -0.15) is 0 Å². The Morgan fingerprint density at radius 3 is 2.44 bits per heavy atom. The number of halogens is 1. The van der Waals surface area contributed by atoms with Crippen molar-refractivity contribution in [1.29, 1.82) is 0 Å². The maximum atomic E-state index is 5.90. The van der Waals surface area contributed by atoms with Crippen molar-refractivity contribution in [2.75, 3.05) is 0 Å². The fourth-order valence-electron chi connectivity index (χ4n) is 1.55. The standard InChI is InChI=1S/C14H12BrO/c1-10-6-5-7-11(2)14(10)16-13-9-4-3-8-12(13)15/h4-9H,1-2H3. The van der Waals surface area contributed by atoms with E-state index in [0.717, 1.165) is 27.1 Å². The van der Waals surface area contributed by atoms with Gasteiger partial charge in [0.05, 0.1) is 4.47 Å². The van der Waals surface area contributed by atoms with Crippen LogP contribution in [0.2, 0.25) is 0 Å². The number of ether oxygens (including phenoxy) is 1. The molecule has 2 rings (SSSR count). The first-order valence-corrected chi connectivity index (χ1v) is 5.87. The molecule has 0 N–H and O–H groups in total. The number of hydrogen-bond donors (Lipinski definition) is 0. The summed E-state index contributed by atoms with van der Waals surface area (Å²) in [5.41, 5.74) is 2.28. The summed E-state index contributed by atoms with van der Waals surface area (Å²) >= 11 is 3.45. The monoisotopic (exact) mass is 275 g/mol. The van der Waals surface area contributed by atoms with Crippen molar-refractivity contribution in [1.82, 2.24) is 0 Å². The maximum Gasteiger partial charge on any atom is 0.141 e. The summed E-state index contributed by atoms with van der Waals surface area (Å²) < 4.78 is 6.82. The van der Waals surface area contributed by atoms with Crippen molar-refractivity contribution in [3.8, 4) is 11.5 Å². The van der Waals surface area contributed by atoms with Crippen molar-refractivity contribution in [2.45, 2.75) is 13.8 Å². The van der Waals surface area contributed by atoms with Crippen LogP contribution in [0.15, 0.2) is 40.9 Å². The highest BCUT2D eigenvalue weighted by Crippen LogP contribution is 2.32. The number of benzene rings is 2. The molecule has 0 heterocycles. The Morgan fingerprint density at radius 2 is 1.81 bits per heavy atom. The molecule has 2 aromatic carbocycles. The van der Waals surface area contributed by atoms with Gasteiger partial charge >= 0.3 is 0 Å². The molecule has 16 heavy (non-hydrogen) atoms. The van der Waals surface area contributed by atoms with Crippen LogP contribution in [0.4, 0.5) is 0 Å². The first-order valence-electron chi connectivity index (χ1n) is 5.08. The molecule has 0 saturated carbocycles. The minimum atomic E-state index is 0.816. The lowest BCUT2D eigenvalue weighted by Gasteiger charge is -2.12. The topological polar surface area (TPSA) is 9.23 Å². The third-order valence-corrected chi connectivity index (χ3v) is 3.02. The second kappa shape index (κ2) is 4.71. The fourth-order valence-corrected chi connectivity index (χ4v) is 1.89. The number of aryl methyl sites for hydroxylation is 2. The van der Waals surface area contributed by atoms with Gasteiger partial charge in [0, 0.05) is 0 Å². The van der Waals surface area contributed by atoms with E-state index in [1.807, 2.05) is 50.2 Å². The van der Waals surface area contributed by atoms with Gasteiger partial charge in [-0.1, -0.05) is 24.3 Å². The molecule has 0 fully saturated rings. The molecular formula is C14H12BrO. The molecule has 0 unspecified atom stereocenters. The third-order valence-electron chi connectivity index (χ3n) is 2.40. The van der Waals surface area contributed by atoms with Gasteiger partial charge in [-0.25, -0.2) is 0 Å². The van der Waals surface area contributed by atoms with E-state index in [0.29, 0.717) is 0 Å². The molecule has 0 saturated heterocycles. The molecule has 0 aliphatic rings. The van der Waals surface area contributed by atoms with Crippen molar-refractivity contribution in [2.24, 2.45) is 0 Å². The predicted octanol–water partition coefficient (Wildman–Crippen LogP) is 4.66. The Balaban J connectivity index is 2.38. The fraction of sp³-hybridized carbons (Fsp3) is 0.143. The molecule has 0 aliphatic heterocycles. The second-order valence-corrected chi connectivity index (χ2v) is 4.53. The maximum absolute atomic E-state index is 5.90. The Kier molecular flexibility index (Phi) is 3.30. The zero-order valence-electron chi connectivity index (χ0n) is 9.25. The minimum Gasteiger partial charge on any atom is -0.456 e. The van der Waals surface area contributed by atoms with Crippen LogP contribution in [-0.4, -0.2) is 0 Å². The van der Waals surface area contributed by atoms with Gasteiger partial charge in [0.15, 0.2) is 0 Å². The van der Waals surface area contributed by atoms with Crippen molar-refractivity contribution in [3.63, 3.8) is 0 Å². The van der Waals surface area contributed by atoms with E-state index in [1.54, 1.807) is 0 Å². The Morgan fingerprint density at radius 1 is 1.12 bits per heavy atom. The van der Waals surface area contributed by atoms with Gasteiger partial charge in [0.1, 0.15) is 11.5 Å². The van der Waals surface area contributed by atoms with E-state index in [-0.39, 0.29) is 0 Å². The average Bonchev–Trinajstić information content (AvgIpc) is 2.26. The van der Waals surface area contributed by atoms with E-state index in [2.05, 4.69) is 22.0 Å². The van der Waals surface area contributed by atoms with E-state index in [9.17, 15) is 0 Å². The van der Waals surface area contributed by atoms with E-state index < -0.39 is 0 Å². The number of rotatable bonds is 2. The SMILES string of the molecule is Cc1cccc(C)c1Oc1cc[c]cc1Br. The molecule has 1 radical (unpaired) electrons. The van der Waals surface area contributed by atoms with Gasteiger partial charge in [-0.3, -0.25) is 0 Å². The van der Waals surface area contributed by atoms with Gasteiger partial charge in [-0.05, 0) is 59.1 Å². The van der Waals surface area contributed by atoms with Crippen LogP contribution in [0.25, 0.3) is 0 Å². The Hall–Kier alpha value is -1.28. The van der Waals surface area contributed by atoms with Crippen molar-refractivity contribution < 1.29 is 4.74 Å². The molecule has 2 heteroatoms. The van der Waals surface area contributed by atoms with Crippen LogP contribution >= 0.6 is 15.9 Å². The molecule has 0 atom stereocenters. The molecule has 81 valence electrons.